The van der Waals surface area contributed by atoms with Gasteiger partial charge in [-0.2, -0.15) is 0 Å². The molecule has 0 spiro atoms. The maximum atomic E-state index is 2.66. The lowest BCUT2D eigenvalue weighted by atomic mass is 9.84. The fourth-order valence-corrected chi connectivity index (χ4v) is 6.04. The Bertz CT molecular complexity index is 361. The summed E-state index contributed by atoms with van der Waals surface area (Å²) in [5.74, 6) is 1.19. The highest BCUT2D eigenvalue weighted by Gasteiger charge is 2.46. The van der Waals surface area contributed by atoms with Crippen LogP contribution in [-0.4, -0.2) is 20.6 Å². The van der Waals surface area contributed by atoms with Gasteiger partial charge in [0.2, 0.25) is 0 Å². The van der Waals surface area contributed by atoms with E-state index in [-0.39, 0.29) is 9.62 Å². The van der Waals surface area contributed by atoms with E-state index >= 15 is 0 Å². The molecule has 1 aliphatic heterocycles. The lowest BCUT2D eigenvalue weighted by molar-refractivity contribution is 0.172. The average Bonchev–Trinajstić information content (AvgIpc) is 2.10. The van der Waals surface area contributed by atoms with E-state index in [9.17, 15) is 0 Å². The van der Waals surface area contributed by atoms with Gasteiger partial charge in [-0.3, -0.25) is 0 Å². The first kappa shape index (κ1) is 16.9. The van der Waals surface area contributed by atoms with Crippen molar-refractivity contribution in [1.29, 1.82) is 0 Å². The van der Waals surface area contributed by atoms with E-state index in [1.54, 1.807) is 11.3 Å². The lowest BCUT2D eigenvalue weighted by Gasteiger charge is -2.55. The molecule has 0 fully saturated rings. The van der Waals surface area contributed by atoms with Crippen molar-refractivity contribution in [3.05, 3.63) is 11.3 Å². The molecule has 112 valence electrons. The van der Waals surface area contributed by atoms with Gasteiger partial charge in [-0.25, -0.2) is 0 Å². The third-order valence-electron chi connectivity index (χ3n) is 3.91. The molecule has 0 radical (unpaired) electrons. The molecule has 0 aromatic heterocycles. The van der Waals surface area contributed by atoms with Crippen LogP contribution < -0.4 is 0 Å². The number of allylic oxidation sites excluding steroid dienone is 1. The van der Waals surface area contributed by atoms with Crippen molar-refractivity contribution < 1.29 is 0 Å². The molecule has 0 bridgehead atoms. The first-order chi connectivity index (χ1) is 8.42. The molecule has 0 N–H and O–H groups in total. The quantitative estimate of drug-likeness (QED) is 0.670. The SMILES string of the molecule is CC(C)C1=C(C(C)C)C(C)(C)SC(C)(C)N1C(C)C. The molecule has 0 saturated carbocycles. The zero-order valence-electron chi connectivity index (χ0n) is 14.6. The molecule has 0 saturated heterocycles. The summed E-state index contributed by atoms with van der Waals surface area (Å²) in [5.41, 5.74) is 3.22. The molecular formula is C17H33NS. The van der Waals surface area contributed by atoms with E-state index in [0.717, 1.165) is 0 Å². The maximum Gasteiger partial charge on any atom is 0.0813 e. The molecular weight excluding hydrogens is 250 g/mol. The van der Waals surface area contributed by atoms with Gasteiger partial charge in [-0.05, 0) is 59.0 Å². The fourth-order valence-electron chi connectivity index (χ4n) is 3.94. The zero-order chi connectivity index (χ0) is 15.2. The average molecular weight is 284 g/mol. The van der Waals surface area contributed by atoms with E-state index in [2.05, 4.69) is 85.9 Å². The Labute approximate surface area is 125 Å². The molecule has 2 heteroatoms. The predicted molar refractivity (Wildman–Crippen MR) is 89.4 cm³/mol. The summed E-state index contributed by atoms with van der Waals surface area (Å²) in [6.45, 7) is 23.6. The number of nitrogens with zero attached hydrogens (tertiary/aromatic N) is 1. The van der Waals surface area contributed by atoms with E-state index < -0.39 is 0 Å². The Morgan fingerprint density at radius 1 is 0.842 bits per heavy atom. The van der Waals surface area contributed by atoms with Crippen LogP contribution in [-0.2, 0) is 0 Å². The van der Waals surface area contributed by atoms with Crippen LogP contribution in [0.4, 0.5) is 0 Å². The maximum absolute atomic E-state index is 2.66. The Morgan fingerprint density at radius 3 is 1.63 bits per heavy atom. The van der Waals surface area contributed by atoms with E-state index in [1.165, 1.54) is 0 Å². The van der Waals surface area contributed by atoms with Crippen LogP contribution in [0.2, 0.25) is 0 Å². The molecule has 0 unspecified atom stereocenters. The molecule has 1 nitrogen and oxygen atoms in total. The predicted octanol–water partition coefficient (Wildman–Crippen LogP) is 5.52. The fraction of sp³-hybridized carbons (Fsp3) is 0.882. The number of hydrogen-bond donors (Lipinski definition) is 0. The third-order valence-corrected chi connectivity index (χ3v) is 5.34. The molecule has 0 aromatic rings. The van der Waals surface area contributed by atoms with Crippen molar-refractivity contribution >= 4 is 11.8 Å². The van der Waals surface area contributed by atoms with Crippen LogP contribution in [0.25, 0.3) is 0 Å². The third kappa shape index (κ3) is 3.15. The number of thioether (sulfide) groups is 1. The highest BCUT2D eigenvalue weighted by atomic mass is 32.2. The highest BCUT2D eigenvalue weighted by molar-refractivity contribution is 8.02. The normalized spacial score (nSPS) is 22.9. The van der Waals surface area contributed by atoms with Gasteiger partial charge < -0.3 is 4.90 Å². The van der Waals surface area contributed by atoms with Gasteiger partial charge in [-0.1, -0.05) is 27.7 Å². The van der Waals surface area contributed by atoms with Gasteiger partial charge in [0.1, 0.15) is 0 Å². The molecule has 1 heterocycles. The van der Waals surface area contributed by atoms with Crippen LogP contribution in [0.3, 0.4) is 0 Å². The molecule has 0 aliphatic carbocycles. The van der Waals surface area contributed by atoms with Crippen molar-refractivity contribution in [2.24, 2.45) is 11.8 Å². The standard InChI is InChI=1S/C17H33NS/c1-11(2)14-15(12(3)4)18(13(5)6)17(9,10)19-16(14,7)8/h11-13H,1-10H3. The lowest BCUT2D eigenvalue weighted by Crippen LogP contribution is -2.53. The molecule has 0 atom stereocenters. The Hall–Kier alpha value is -0.110. The van der Waals surface area contributed by atoms with E-state index in [0.29, 0.717) is 17.9 Å². The Kier molecular flexibility index (Phi) is 4.77. The van der Waals surface area contributed by atoms with Crippen LogP contribution in [0.5, 0.6) is 0 Å². The van der Waals surface area contributed by atoms with Crippen molar-refractivity contribution in [3.8, 4) is 0 Å². The molecule has 0 aromatic carbocycles. The number of hydrogen-bond acceptors (Lipinski definition) is 2. The minimum atomic E-state index is 0.162. The Morgan fingerprint density at radius 2 is 1.32 bits per heavy atom. The molecule has 19 heavy (non-hydrogen) atoms. The Balaban J connectivity index is 3.57. The van der Waals surface area contributed by atoms with Gasteiger partial charge in [0, 0.05) is 16.5 Å². The van der Waals surface area contributed by atoms with E-state index in [1.807, 2.05) is 0 Å². The van der Waals surface area contributed by atoms with Crippen LogP contribution in [0.1, 0.15) is 69.2 Å². The molecule has 1 rings (SSSR count). The van der Waals surface area contributed by atoms with Gasteiger partial charge in [-0.15, -0.1) is 11.8 Å². The largest absolute Gasteiger partial charge is 0.358 e. The van der Waals surface area contributed by atoms with Crippen LogP contribution in [0.15, 0.2) is 11.3 Å². The summed E-state index contributed by atoms with van der Waals surface area (Å²) in [5, 5.41) is 0. The first-order valence-electron chi connectivity index (χ1n) is 7.66. The zero-order valence-corrected chi connectivity index (χ0v) is 15.4. The second-order valence-corrected chi connectivity index (χ2v) is 9.86. The first-order valence-corrected chi connectivity index (χ1v) is 8.47. The second-order valence-electron chi connectivity index (χ2n) is 7.63. The minimum Gasteiger partial charge on any atom is -0.358 e. The summed E-state index contributed by atoms with van der Waals surface area (Å²) in [6, 6.07) is 0.546. The van der Waals surface area contributed by atoms with Crippen LogP contribution in [0, 0.1) is 11.8 Å². The van der Waals surface area contributed by atoms with Gasteiger partial charge in [0.25, 0.3) is 0 Å². The summed E-state index contributed by atoms with van der Waals surface area (Å²) in [6.07, 6.45) is 0. The van der Waals surface area contributed by atoms with Crippen molar-refractivity contribution in [1.82, 2.24) is 4.90 Å². The molecule has 1 aliphatic rings. The highest BCUT2D eigenvalue weighted by Crippen LogP contribution is 2.54. The van der Waals surface area contributed by atoms with Crippen LogP contribution >= 0.6 is 11.8 Å². The van der Waals surface area contributed by atoms with Gasteiger partial charge in [0.05, 0.1) is 4.87 Å². The number of rotatable bonds is 3. The molecule has 0 amide bonds. The monoisotopic (exact) mass is 283 g/mol. The van der Waals surface area contributed by atoms with Crippen molar-refractivity contribution in [2.75, 3.05) is 0 Å². The summed E-state index contributed by atoms with van der Waals surface area (Å²) in [7, 11) is 0. The minimum absolute atomic E-state index is 0.162. The summed E-state index contributed by atoms with van der Waals surface area (Å²) in [4.78, 5) is 2.82. The summed E-state index contributed by atoms with van der Waals surface area (Å²) < 4.78 is 0.225. The van der Waals surface area contributed by atoms with Gasteiger partial charge >= 0.3 is 0 Å². The van der Waals surface area contributed by atoms with E-state index in [4.69, 9.17) is 0 Å². The van der Waals surface area contributed by atoms with Gasteiger partial charge in [0.15, 0.2) is 0 Å². The second kappa shape index (κ2) is 5.35. The smallest absolute Gasteiger partial charge is 0.0813 e. The van der Waals surface area contributed by atoms with Crippen molar-refractivity contribution in [2.45, 2.75) is 84.9 Å². The summed E-state index contributed by atoms with van der Waals surface area (Å²) >= 11 is 2.11. The topological polar surface area (TPSA) is 3.24 Å². The van der Waals surface area contributed by atoms with Crippen molar-refractivity contribution in [3.63, 3.8) is 0 Å².